The molecule has 1 aromatic carbocycles. The molecular weight excluding hydrogens is 462 g/mol. The van der Waals surface area contributed by atoms with Crippen molar-refractivity contribution >= 4 is 44.6 Å². The zero-order valence-electron chi connectivity index (χ0n) is 17.5. The number of benzene rings is 1. The molecule has 8 nitrogen and oxygen atoms in total. The number of nitrogens with one attached hydrogen (secondary N) is 4. The minimum atomic E-state index is -0.793. The number of carbonyl (C=O) groups excluding carboxylic acids is 3. The van der Waals surface area contributed by atoms with Crippen molar-refractivity contribution in [2.75, 3.05) is 6.54 Å². The van der Waals surface area contributed by atoms with Gasteiger partial charge in [-0.3, -0.25) is 14.4 Å². The minimum absolute atomic E-state index is 0.0908. The first kappa shape index (κ1) is 22.8. The molecule has 1 saturated heterocycles. The van der Waals surface area contributed by atoms with Crippen LogP contribution < -0.4 is 16.0 Å². The Labute approximate surface area is 189 Å². The lowest BCUT2D eigenvalue weighted by atomic mass is 9.98. The van der Waals surface area contributed by atoms with Gasteiger partial charge in [-0.15, -0.1) is 0 Å². The number of H-pyrrole nitrogens is 1. The van der Waals surface area contributed by atoms with Crippen LogP contribution in [0, 0.1) is 23.2 Å². The molecule has 3 rings (SSSR count). The number of hydrogen-bond acceptors (Lipinski definition) is 4. The summed E-state index contributed by atoms with van der Waals surface area (Å²) in [7, 11) is 0. The van der Waals surface area contributed by atoms with Crippen molar-refractivity contribution in [3.05, 3.63) is 34.4 Å². The number of nitrogens with zero attached hydrogens (tertiary/aromatic N) is 1. The third-order valence-electron chi connectivity index (χ3n) is 5.31. The first-order valence-electron chi connectivity index (χ1n) is 10.3. The first-order chi connectivity index (χ1) is 14.8. The number of carbonyl (C=O) groups is 3. The topological polar surface area (TPSA) is 127 Å². The summed E-state index contributed by atoms with van der Waals surface area (Å²) in [5.74, 6) is -1.04. The molecule has 0 radical (unpaired) electrons. The molecule has 9 heteroatoms. The summed E-state index contributed by atoms with van der Waals surface area (Å²) in [5.41, 5.74) is 1.17. The Morgan fingerprint density at radius 2 is 2.06 bits per heavy atom. The summed E-state index contributed by atoms with van der Waals surface area (Å²) < 4.78 is 0.904. The van der Waals surface area contributed by atoms with E-state index in [1.165, 1.54) is 0 Å². The lowest BCUT2D eigenvalue weighted by Crippen LogP contribution is -2.50. The van der Waals surface area contributed by atoms with Crippen LogP contribution in [0.2, 0.25) is 0 Å². The van der Waals surface area contributed by atoms with E-state index in [0.717, 1.165) is 15.4 Å². The fourth-order valence-corrected chi connectivity index (χ4v) is 4.11. The van der Waals surface area contributed by atoms with E-state index in [0.29, 0.717) is 25.1 Å². The standard InChI is InChI=1S/C22H26BrN5O3/c1-12(2)7-18(21(30)26-16(11-24)9-13-5-6-25-20(13)29)28-22(31)19-10-14-8-15(23)3-4-17(14)27-19/h3-4,8,10,12-13,16,18,27H,5-7,9H2,1-2H3,(H,25,29)(H,26,30)(H,28,31)/t13-,16-,18-/m0/s1. The third kappa shape index (κ3) is 5.85. The van der Waals surface area contributed by atoms with Gasteiger partial charge in [0.05, 0.1) is 6.07 Å². The number of aromatic amines is 1. The van der Waals surface area contributed by atoms with Crippen LogP contribution >= 0.6 is 15.9 Å². The van der Waals surface area contributed by atoms with E-state index < -0.39 is 23.9 Å². The quantitative estimate of drug-likeness (QED) is 0.456. The van der Waals surface area contributed by atoms with Gasteiger partial charge in [-0.2, -0.15) is 5.26 Å². The maximum Gasteiger partial charge on any atom is 0.268 e. The Hall–Kier alpha value is -2.86. The van der Waals surface area contributed by atoms with Crippen LogP contribution in [0.15, 0.2) is 28.7 Å². The van der Waals surface area contributed by atoms with E-state index in [1.54, 1.807) is 6.07 Å². The highest BCUT2D eigenvalue weighted by Crippen LogP contribution is 2.21. The lowest BCUT2D eigenvalue weighted by molar-refractivity contribution is -0.125. The highest BCUT2D eigenvalue weighted by Gasteiger charge is 2.30. The van der Waals surface area contributed by atoms with Crippen LogP contribution in [-0.2, 0) is 9.59 Å². The predicted molar refractivity (Wildman–Crippen MR) is 120 cm³/mol. The van der Waals surface area contributed by atoms with Gasteiger partial charge in [0.2, 0.25) is 11.8 Å². The van der Waals surface area contributed by atoms with Crippen LogP contribution in [0.1, 0.15) is 43.6 Å². The monoisotopic (exact) mass is 487 g/mol. The maximum absolute atomic E-state index is 12.9. The van der Waals surface area contributed by atoms with Crippen molar-refractivity contribution in [3.63, 3.8) is 0 Å². The Morgan fingerprint density at radius 1 is 1.29 bits per heavy atom. The highest BCUT2D eigenvalue weighted by molar-refractivity contribution is 9.10. The number of amides is 3. The van der Waals surface area contributed by atoms with E-state index in [1.807, 2.05) is 32.0 Å². The van der Waals surface area contributed by atoms with E-state index in [4.69, 9.17) is 0 Å². The summed E-state index contributed by atoms with van der Waals surface area (Å²) in [5, 5.41) is 18.6. The number of halogens is 1. The fraction of sp³-hybridized carbons (Fsp3) is 0.455. The number of nitriles is 1. The van der Waals surface area contributed by atoms with Gasteiger partial charge in [0.15, 0.2) is 0 Å². The van der Waals surface area contributed by atoms with Gasteiger partial charge in [0.1, 0.15) is 17.8 Å². The van der Waals surface area contributed by atoms with E-state index >= 15 is 0 Å². The summed E-state index contributed by atoms with van der Waals surface area (Å²) in [6, 6.07) is 7.85. The van der Waals surface area contributed by atoms with Crippen molar-refractivity contribution in [3.8, 4) is 6.07 Å². The van der Waals surface area contributed by atoms with Crippen molar-refractivity contribution < 1.29 is 14.4 Å². The summed E-state index contributed by atoms with van der Waals surface area (Å²) in [6.45, 7) is 4.50. The molecule has 1 aliphatic heterocycles. The van der Waals surface area contributed by atoms with Gasteiger partial charge >= 0.3 is 0 Å². The Bertz CT molecular complexity index is 1030. The zero-order valence-corrected chi connectivity index (χ0v) is 19.1. The molecule has 3 atom stereocenters. The highest BCUT2D eigenvalue weighted by atomic mass is 79.9. The molecule has 3 amide bonds. The molecule has 31 heavy (non-hydrogen) atoms. The smallest absolute Gasteiger partial charge is 0.268 e. The zero-order chi connectivity index (χ0) is 22.5. The predicted octanol–water partition coefficient (Wildman–Crippen LogP) is 2.61. The average molecular weight is 488 g/mol. The third-order valence-corrected chi connectivity index (χ3v) is 5.80. The molecule has 2 heterocycles. The van der Waals surface area contributed by atoms with Gasteiger partial charge in [-0.1, -0.05) is 29.8 Å². The normalized spacial score (nSPS) is 17.8. The Balaban J connectivity index is 1.69. The number of fused-ring (bicyclic) bond motifs is 1. The molecule has 1 fully saturated rings. The Kier molecular flexibility index (Phi) is 7.33. The fourth-order valence-electron chi connectivity index (χ4n) is 3.74. The molecule has 164 valence electrons. The second-order valence-electron chi connectivity index (χ2n) is 8.27. The van der Waals surface area contributed by atoms with Crippen LogP contribution in [0.4, 0.5) is 0 Å². The van der Waals surface area contributed by atoms with E-state index in [9.17, 15) is 19.6 Å². The number of rotatable bonds is 8. The second-order valence-corrected chi connectivity index (χ2v) is 9.19. The lowest BCUT2D eigenvalue weighted by Gasteiger charge is -2.22. The Morgan fingerprint density at radius 3 is 2.71 bits per heavy atom. The SMILES string of the molecule is CC(C)C[C@H](NC(=O)c1cc2cc(Br)ccc2[nH]1)C(=O)N[C@H](C#N)C[C@@H]1CCNC1=O. The minimum Gasteiger partial charge on any atom is -0.356 e. The average Bonchev–Trinajstić information content (AvgIpc) is 3.32. The molecule has 1 aliphatic rings. The van der Waals surface area contributed by atoms with E-state index in [-0.39, 0.29) is 24.2 Å². The number of hydrogen-bond donors (Lipinski definition) is 4. The second kappa shape index (κ2) is 9.96. The van der Waals surface area contributed by atoms with Crippen LogP contribution in [0.25, 0.3) is 10.9 Å². The van der Waals surface area contributed by atoms with Gasteiger partial charge in [-0.25, -0.2) is 0 Å². The summed E-state index contributed by atoms with van der Waals surface area (Å²) in [4.78, 5) is 40.6. The maximum atomic E-state index is 12.9. The van der Waals surface area contributed by atoms with Crippen molar-refractivity contribution in [1.29, 1.82) is 5.26 Å². The molecule has 0 bridgehead atoms. The summed E-state index contributed by atoms with van der Waals surface area (Å²) in [6.07, 6.45) is 1.33. The van der Waals surface area contributed by atoms with Crippen molar-refractivity contribution in [2.24, 2.45) is 11.8 Å². The molecule has 0 saturated carbocycles. The van der Waals surface area contributed by atoms with Crippen LogP contribution in [0.3, 0.4) is 0 Å². The summed E-state index contributed by atoms with van der Waals surface area (Å²) >= 11 is 3.41. The first-order valence-corrected chi connectivity index (χ1v) is 11.1. The van der Waals surface area contributed by atoms with Gasteiger partial charge in [-0.05, 0) is 49.4 Å². The van der Waals surface area contributed by atoms with Gasteiger partial charge in [0.25, 0.3) is 5.91 Å². The van der Waals surface area contributed by atoms with Crippen LogP contribution in [0.5, 0.6) is 0 Å². The number of aromatic nitrogens is 1. The molecule has 1 aromatic heterocycles. The van der Waals surface area contributed by atoms with Crippen molar-refractivity contribution in [2.45, 2.75) is 45.2 Å². The largest absolute Gasteiger partial charge is 0.356 e. The molecule has 0 unspecified atom stereocenters. The van der Waals surface area contributed by atoms with Crippen LogP contribution in [-0.4, -0.2) is 41.3 Å². The molecule has 4 N–H and O–H groups in total. The van der Waals surface area contributed by atoms with Gasteiger partial charge < -0.3 is 20.9 Å². The molecule has 0 spiro atoms. The molecular formula is C22H26BrN5O3. The molecule has 0 aliphatic carbocycles. The molecule has 2 aromatic rings. The van der Waals surface area contributed by atoms with Gasteiger partial charge in [0, 0.05) is 27.8 Å². The van der Waals surface area contributed by atoms with Crippen molar-refractivity contribution in [1.82, 2.24) is 20.9 Å². The van der Waals surface area contributed by atoms with E-state index in [2.05, 4.69) is 42.9 Å².